The fourth-order valence-corrected chi connectivity index (χ4v) is 4.24. The molecular weight excluding hydrogens is 310 g/mol. The smallest absolute Gasteiger partial charge is 0.307 e. The number of carboxylic acid groups (broad SMARTS) is 1. The van der Waals surface area contributed by atoms with E-state index in [0.717, 1.165) is 0 Å². The number of carboxylic acids is 1. The minimum Gasteiger partial charge on any atom is -0.486 e. The number of rotatable bonds is 3. The summed E-state index contributed by atoms with van der Waals surface area (Å²) in [5.41, 5.74) is 0. The first-order valence-electron chi connectivity index (χ1n) is 7.11. The molecule has 1 atom stereocenters. The molecule has 0 radical (unpaired) electrons. The predicted octanol–water partition coefficient (Wildman–Crippen LogP) is 0.943. The van der Waals surface area contributed by atoms with Gasteiger partial charge in [-0.05, 0) is 25.0 Å². The average molecular weight is 327 g/mol. The molecule has 0 saturated carbocycles. The molecule has 1 N–H and O–H groups in total. The van der Waals surface area contributed by atoms with Crippen LogP contribution >= 0.6 is 0 Å². The van der Waals surface area contributed by atoms with E-state index < -0.39 is 21.9 Å². The topological polar surface area (TPSA) is 93.1 Å². The fraction of sp³-hybridized carbons (Fsp3) is 0.500. The lowest BCUT2D eigenvalue weighted by molar-refractivity contribution is -0.142. The van der Waals surface area contributed by atoms with Crippen molar-refractivity contribution >= 4 is 16.0 Å². The molecule has 1 saturated heterocycles. The summed E-state index contributed by atoms with van der Waals surface area (Å²) < 4.78 is 37.4. The van der Waals surface area contributed by atoms with E-state index in [9.17, 15) is 13.2 Å². The van der Waals surface area contributed by atoms with Gasteiger partial charge in [0.2, 0.25) is 10.0 Å². The Morgan fingerprint density at radius 3 is 2.68 bits per heavy atom. The lowest BCUT2D eigenvalue weighted by Crippen LogP contribution is -2.42. The van der Waals surface area contributed by atoms with Gasteiger partial charge in [0, 0.05) is 19.2 Å². The van der Waals surface area contributed by atoms with Gasteiger partial charge >= 0.3 is 5.97 Å². The molecule has 2 heterocycles. The molecule has 0 bridgehead atoms. The van der Waals surface area contributed by atoms with Gasteiger partial charge in [0.15, 0.2) is 11.5 Å². The second kappa shape index (κ2) is 5.77. The van der Waals surface area contributed by atoms with Crippen molar-refractivity contribution in [3.8, 4) is 11.5 Å². The molecule has 0 amide bonds. The summed E-state index contributed by atoms with van der Waals surface area (Å²) in [4.78, 5) is 11.2. The van der Waals surface area contributed by atoms with Crippen LogP contribution in [0, 0.1) is 5.92 Å². The third-order valence-electron chi connectivity index (χ3n) is 3.88. The van der Waals surface area contributed by atoms with Crippen molar-refractivity contribution in [1.82, 2.24) is 4.31 Å². The molecule has 2 aliphatic heterocycles. The number of fused-ring (bicyclic) bond motifs is 1. The number of piperidine rings is 1. The number of hydrogen-bond donors (Lipinski definition) is 1. The molecule has 0 aromatic heterocycles. The van der Waals surface area contributed by atoms with Crippen molar-refractivity contribution in [2.75, 3.05) is 26.3 Å². The number of hydrogen-bond acceptors (Lipinski definition) is 5. The van der Waals surface area contributed by atoms with Crippen LogP contribution in [-0.2, 0) is 14.8 Å². The van der Waals surface area contributed by atoms with Crippen LogP contribution in [0.1, 0.15) is 12.8 Å². The van der Waals surface area contributed by atoms with E-state index in [1.807, 2.05) is 0 Å². The Balaban J connectivity index is 1.87. The highest BCUT2D eigenvalue weighted by Crippen LogP contribution is 2.34. The van der Waals surface area contributed by atoms with E-state index in [2.05, 4.69) is 0 Å². The largest absolute Gasteiger partial charge is 0.486 e. The Bertz CT molecular complexity index is 687. The molecule has 120 valence electrons. The first-order valence-corrected chi connectivity index (χ1v) is 8.55. The van der Waals surface area contributed by atoms with Crippen LogP contribution in [0.5, 0.6) is 11.5 Å². The molecule has 0 aliphatic carbocycles. The number of nitrogens with zero attached hydrogens (tertiary/aromatic N) is 1. The van der Waals surface area contributed by atoms with Crippen LogP contribution in [0.15, 0.2) is 23.1 Å². The van der Waals surface area contributed by atoms with Crippen LogP contribution in [-0.4, -0.2) is 50.1 Å². The maximum atomic E-state index is 12.7. The van der Waals surface area contributed by atoms with Crippen LogP contribution in [0.2, 0.25) is 0 Å². The quantitative estimate of drug-likeness (QED) is 0.888. The summed E-state index contributed by atoms with van der Waals surface area (Å²) in [5.74, 6) is -0.686. The number of sulfonamides is 1. The molecule has 0 unspecified atom stereocenters. The summed E-state index contributed by atoms with van der Waals surface area (Å²) in [6.45, 7) is 1.15. The zero-order valence-corrected chi connectivity index (χ0v) is 12.7. The van der Waals surface area contributed by atoms with Gasteiger partial charge in [-0.25, -0.2) is 8.42 Å². The Morgan fingerprint density at radius 1 is 1.23 bits per heavy atom. The summed E-state index contributed by atoms with van der Waals surface area (Å²) in [6.07, 6.45) is 1.04. The van der Waals surface area contributed by atoms with E-state index in [1.54, 1.807) is 6.07 Å². The van der Waals surface area contributed by atoms with E-state index in [0.29, 0.717) is 44.1 Å². The van der Waals surface area contributed by atoms with Gasteiger partial charge in [-0.1, -0.05) is 0 Å². The maximum Gasteiger partial charge on any atom is 0.307 e. The Kier molecular flexibility index (Phi) is 3.96. The Hall–Kier alpha value is -1.80. The van der Waals surface area contributed by atoms with Crippen molar-refractivity contribution in [3.05, 3.63) is 18.2 Å². The highest BCUT2D eigenvalue weighted by Gasteiger charge is 2.33. The molecule has 0 spiro atoms. The zero-order chi connectivity index (χ0) is 15.7. The molecule has 1 aromatic carbocycles. The molecule has 22 heavy (non-hydrogen) atoms. The monoisotopic (exact) mass is 327 g/mol. The summed E-state index contributed by atoms with van der Waals surface area (Å²) in [6, 6.07) is 4.47. The normalized spacial score (nSPS) is 22.3. The van der Waals surface area contributed by atoms with Crippen LogP contribution < -0.4 is 9.47 Å². The first-order chi connectivity index (χ1) is 10.5. The SMILES string of the molecule is O=C(O)[C@@H]1CCCN(S(=O)(=O)c2ccc3c(c2)OCCO3)C1. The van der Waals surface area contributed by atoms with Gasteiger partial charge in [-0.2, -0.15) is 4.31 Å². The number of carbonyl (C=O) groups is 1. The fourth-order valence-electron chi connectivity index (χ4n) is 2.70. The minimum absolute atomic E-state index is 0.00606. The molecule has 7 nitrogen and oxygen atoms in total. The predicted molar refractivity (Wildman–Crippen MR) is 76.6 cm³/mol. The lowest BCUT2D eigenvalue weighted by atomic mass is 10.0. The lowest BCUT2D eigenvalue weighted by Gasteiger charge is -2.30. The zero-order valence-electron chi connectivity index (χ0n) is 11.9. The van der Waals surface area contributed by atoms with Crippen molar-refractivity contribution < 1.29 is 27.8 Å². The standard InChI is InChI=1S/C14H17NO6S/c16-14(17)10-2-1-5-15(9-10)22(18,19)11-3-4-12-13(8-11)21-7-6-20-12/h3-4,8,10H,1-2,5-7,9H2,(H,16,17)/t10-/m1/s1. The van der Waals surface area contributed by atoms with Crippen LogP contribution in [0.3, 0.4) is 0 Å². The second-order valence-electron chi connectivity index (χ2n) is 5.35. The minimum atomic E-state index is -3.73. The van der Waals surface area contributed by atoms with Crippen molar-refractivity contribution in [3.63, 3.8) is 0 Å². The second-order valence-corrected chi connectivity index (χ2v) is 7.28. The molecule has 3 rings (SSSR count). The van der Waals surface area contributed by atoms with Crippen molar-refractivity contribution in [1.29, 1.82) is 0 Å². The molecular formula is C14H17NO6S. The highest BCUT2D eigenvalue weighted by molar-refractivity contribution is 7.89. The Labute approximate surface area is 128 Å². The van der Waals surface area contributed by atoms with Crippen molar-refractivity contribution in [2.24, 2.45) is 5.92 Å². The van der Waals surface area contributed by atoms with E-state index in [1.165, 1.54) is 16.4 Å². The number of ether oxygens (including phenoxy) is 2. The van der Waals surface area contributed by atoms with Gasteiger partial charge in [0.1, 0.15) is 13.2 Å². The van der Waals surface area contributed by atoms with Gasteiger partial charge < -0.3 is 14.6 Å². The number of benzene rings is 1. The number of aliphatic carboxylic acids is 1. The summed E-state index contributed by atoms with van der Waals surface area (Å²) in [7, 11) is -3.73. The van der Waals surface area contributed by atoms with Crippen molar-refractivity contribution in [2.45, 2.75) is 17.7 Å². The third-order valence-corrected chi connectivity index (χ3v) is 5.75. The third kappa shape index (κ3) is 2.76. The first kappa shape index (κ1) is 15.1. The van der Waals surface area contributed by atoms with Gasteiger partial charge in [0.05, 0.1) is 10.8 Å². The Morgan fingerprint density at radius 2 is 1.95 bits per heavy atom. The van der Waals surface area contributed by atoms with Crippen LogP contribution in [0.25, 0.3) is 0 Å². The summed E-state index contributed by atoms with van der Waals surface area (Å²) >= 11 is 0. The van der Waals surface area contributed by atoms with Gasteiger partial charge in [0.25, 0.3) is 0 Å². The van der Waals surface area contributed by atoms with E-state index in [-0.39, 0.29) is 11.4 Å². The summed E-state index contributed by atoms with van der Waals surface area (Å²) in [5, 5.41) is 9.09. The highest BCUT2D eigenvalue weighted by atomic mass is 32.2. The molecule has 1 fully saturated rings. The molecule has 1 aromatic rings. The maximum absolute atomic E-state index is 12.7. The average Bonchev–Trinajstić information content (AvgIpc) is 2.54. The molecule has 8 heteroatoms. The van der Waals surface area contributed by atoms with E-state index >= 15 is 0 Å². The molecule has 2 aliphatic rings. The van der Waals surface area contributed by atoms with Gasteiger partial charge in [-0.15, -0.1) is 0 Å². The van der Waals surface area contributed by atoms with E-state index in [4.69, 9.17) is 14.6 Å². The van der Waals surface area contributed by atoms with Gasteiger partial charge in [-0.3, -0.25) is 4.79 Å². The van der Waals surface area contributed by atoms with Crippen LogP contribution in [0.4, 0.5) is 0 Å².